The van der Waals surface area contributed by atoms with Crippen LogP contribution in [0.15, 0.2) is 35.2 Å². The van der Waals surface area contributed by atoms with Crippen molar-refractivity contribution in [2.75, 3.05) is 6.61 Å². The van der Waals surface area contributed by atoms with Crippen molar-refractivity contribution in [3.63, 3.8) is 0 Å². The average molecular weight is 515 g/mol. The summed E-state index contributed by atoms with van der Waals surface area (Å²) in [6, 6.07) is 9.80. The number of rotatable bonds is 6. The number of aliphatic hydroxyl groups is 2. The van der Waals surface area contributed by atoms with Crippen LogP contribution in [0.1, 0.15) is 55.4 Å². The lowest BCUT2D eigenvalue weighted by Gasteiger charge is -2.54. The molecule has 6 nitrogen and oxygen atoms in total. The van der Waals surface area contributed by atoms with E-state index in [2.05, 4.69) is 55.4 Å². The standard InChI is InChI=1S/C24H42O6SSi2/c1-15(2)32(16(3)4)27-14-20-23(29-33(30-32,17(5)6)18(7)8)21(25)22(26)24(28-20)31-19-12-10-9-11-13-19/h9-13,15-18,20-26H,14H2,1-8H3/t20-,21-,22-,23+,24+/m1/s1. The lowest BCUT2D eigenvalue weighted by Crippen LogP contribution is -2.69. The topological polar surface area (TPSA) is 77.4 Å². The van der Waals surface area contributed by atoms with E-state index in [9.17, 15) is 10.2 Å². The fourth-order valence-electron chi connectivity index (χ4n) is 5.05. The van der Waals surface area contributed by atoms with E-state index in [1.807, 2.05) is 30.3 Å². The number of aliphatic hydroxyl groups excluding tert-OH is 2. The van der Waals surface area contributed by atoms with Gasteiger partial charge in [-0.25, -0.2) is 0 Å². The van der Waals surface area contributed by atoms with E-state index in [-0.39, 0.29) is 28.8 Å². The molecule has 33 heavy (non-hydrogen) atoms. The normalized spacial score (nSPS) is 32.1. The molecular weight excluding hydrogens is 472 g/mol. The number of benzene rings is 1. The van der Waals surface area contributed by atoms with Crippen molar-refractivity contribution in [1.82, 2.24) is 0 Å². The Bertz CT molecular complexity index is 747. The fourth-order valence-corrected chi connectivity index (χ4v) is 17.3. The van der Waals surface area contributed by atoms with Crippen LogP contribution in [0, 0.1) is 0 Å². The van der Waals surface area contributed by atoms with Crippen LogP contribution in [0.25, 0.3) is 0 Å². The van der Waals surface area contributed by atoms with Gasteiger partial charge in [0.05, 0.1) is 6.61 Å². The second kappa shape index (κ2) is 10.8. The lowest BCUT2D eigenvalue weighted by molar-refractivity contribution is -0.207. The summed E-state index contributed by atoms with van der Waals surface area (Å²) in [6.07, 6.45) is -3.36. The first-order valence-corrected chi connectivity index (χ1v) is 17.0. The summed E-state index contributed by atoms with van der Waals surface area (Å²) in [7, 11) is -5.56. The third-order valence-corrected chi connectivity index (χ3v) is 18.4. The highest BCUT2D eigenvalue weighted by Gasteiger charge is 2.61. The van der Waals surface area contributed by atoms with Gasteiger partial charge in [-0.05, 0) is 34.3 Å². The SMILES string of the molecule is CC(C)[Si]1(C(C)C)OC[C@H]2O[C@@H](Sc3ccccc3)[C@H](O)[C@@H](O)[C@H]2O[Si](C(C)C)(C(C)C)O1. The van der Waals surface area contributed by atoms with Gasteiger partial charge in [0, 0.05) is 4.90 Å². The number of thioether (sulfide) groups is 1. The number of ether oxygens (including phenoxy) is 1. The highest BCUT2D eigenvalue weighted by molar-refractivity contribution is 7.99. The zero-order valence-corrected chi connectivity index (χ0v) is 24.0. The van der Waals surface area contributed by atoms with E-state index in [0.29, 0.717) is 0 Å². The van der Waals surface area contributed by atoms with Crippen LogP contribution in [0.4, 0.5) is 0 Å². The molecule has 0 aliphatic carbocycles. The van der Waals surface area contributed by atoms with E-state index in [0.717, 1.165) is 4.90 Å². The third-order valence-electron chi connectivity index (χ3n) is 6.97. The van der Waals surface area contributed by atoms with Crippen molar-refractivity contribution in [3.8, 4) is 0 Å². The van der Waals surface area contributed by atoms with Crippen LogP contribution in [0.5, 0.6) is 0 Å². The molecule has 2 aliphatic heterocycles. The van der Waals surface area contributed by atoms with Crippen molar-refractivity contribution < 1.29 is 27.9 Å². The number of hydrogen-bond donors (Lipinski definition) is 2. The third kappa shape index (κ3) is 5.31. The van der Waals surface area contributed by atoms with Crippen LogP contribution in [0.2, 0.25) is 22.2 Å². The fraction of sp³-hybridized carbons (Fsp3) is 0.750. The van der Waals surface area contributed by atoms with Gasteiger partial charge in [-0.2, -0.15) is 0 Å². The van der Waals surface area contributed by atoms with E-state index in [1.165, 1.54) is 11.8 Å². The van der Waals surface area contributed by atoms with E-state index < -0.39 is 47.0 Å². The Kier molecular flexibility index (Phi) is 8.95. The van der Waals surface area contributed by atoms with Gasteiger partial charge in [0.15, 0.2) is 0 Å². The van der Waals surface area contributed by atoms with Crippen LogP contribution in [-0.2, 0) is 17.7 Å². The van der Waals surface area contributed by atoms with Gasteiger partial charge >= 0.3 is 17.1 Å². The summed E-state index contributed by atoms with van der Waals surface area (Å²) in [5, 5.41) is 22.2. The molecule has 0 saturated carbocycles. The van der Waals surface area contributed by atoms with Crippen molar-refractivity contribution in [3.05, 3.63) is 30.3 Å². The van der Waals surface area contributed by atoms with Gasteiger partial charge in [-0.1, -0.05) is 85.4 Å². The second-order valence-electron chi connectivity index (χ2n) is 10.5. The molecule has 1 aromatic rings. The van der Waals surface area contributed by atoms with Crippen LogP contribution in [0.3, 0.4) is 0 Å². The zero-order chi connectivity index (χ0) is 24.6. The Hall–Kier alpha value is -0.236. The Balaban J connectivity index is 1.99. The smallest absolute Gasteiger partial charge is 0.335 e. The largest absolute Gasteiger partial charge is 0.414 e. The molecule has 2 heterocycles. The maximum Gasteiger partial charge on any atom is 0.335 e. The number of hydrogen-bond acceptors (Lipinski definition) is 7. The van der Waals surface area contributed by atoms with Gasteiger partial charge in [0.1, 0.15) is 29.9 Å². The van der Waals surface area contributed by atoms with E-state index in [4.69, 9.17) is 17.7 Å². The Morgan fingerprint density at radius 1 is 0.818 bits per heavy atom. The van der Waals surface area contributed by atoms with Crippen molar-refractivity contribution >= 4 is 28.9 Å². The maximum absolute atomic E-state index is 11.2. The molecule has 188 valence electrons. The van der Waals surface area contributed by atoms with Gasteiger partial charge < -0.3 is 27.9 Å². The lowest BCUT2D eigenvalue weighted by atomic mass is 10.0. The molecule has 3 rings (SSSR count). The molecule has 0 bridgehead atoms. The highest BCUT2D eigenvalue weighted by atomic mass is 32.2. The summed E-state index contributed by atoms with van der Waals surface area (Å²) < 4.78 is 27.2. The van der Waals surface area contributed by atoms with Crippen LogP contribution in [-0.4, -0.2) is 63.8 Å². The maximum atomic E-state index is 11.2. The summed E-state index contributed by atoms with van der Waals surface area (Å²) in [5.74, 6) is 0. The summed E-state index contributed by atoms with van der Waals surface area (Å²) in [4.78, 5) is 0.976. The van der Waals surface area contributed by atoms with Crippen LogP contribution < -0.4 is 0 Å². The van der Waals surface area contributed by atoms with Gasteiger partial charge in [-0.3, -0.25) is 0 Å². The summed E-state index contributed by atoms with van der Waals surface area (Å²) >= 11 is 1.42. The average Bonchev–Trinajstić information content (AvgIpc) is 2.73. The Morgan fingerprint density at radius 2 is 1.36 bits per heavy atom. The predicted molar refractivity (Wildman–Crippen MR) is 137 cm³/mol. The summed E-state index contributed by atoms with van der Waals surface area (Å²) in [5.41, 5.74) is 0.140. The molecule has 0 amide bonds. The molecule has 9 heteroatoms. The van der Waals surface area contributed by atoms with Gasteiger partial charge in [0.25, 0.3) is 0 Å². The van der Waals surface area contributed by atoms with Crippen molar-refractivity contribution in [2.24, 2.45) is 0 Å². The second-order valence-corrected chi connectivity index (χ2v) is 20.5. The van der Waals surface area contributed by atoms with E-state index in [1.54, 1.807) is 0 Å². The molecule has 2 saturated heterocycles. The highest BCUT2D eigenvalue weighted by Crippen LogP contribution is 2.47. The molecule has 0 spiro atoms. The van der Waals surface area contributed by atoms with E-state index >= 15 is 0 Å². The van der Waals surface area contributed by atoms with Crippen molar-refractivity contribution in [2.45, 2.75) is 112 Å². The zero-order valence-electron chi connectivity index (χ0n) is 21.2. The molecule has 0 unspecified atom stereocenters. The minimum Gasteiger partial charge on any atom is -0.414 e. The summed E-state index contributed by atoms with van der Waals surface area (Å²) in [6.45, 7) is 17.6. The van der Waals surface area contributed by atoms with Gasteiger partial charge in [-0.15, -0.1) is 0 Å². The first-order valence-electron chi connectivity index (χ1n) is 12.2. The quantitative estimate of drug-likeness (QED) is 0.506. The minimum atomic E-state index is -2.88. The number of fused-ring (bicyclic) bond motifs is 1. The molecule has 0 aromatic heterocycles. The minimum absolute atomic E-state index is 0.144. The molecular formula is C24H42O6SSi2. The first-order chi connectivity index (χ1) is 15.4. The molecule has 2 N–H and O–H groups in total. The molecule has 2 aliphatic rings. The first kappa shape index (κ1) is 27.4. The molecule has 0 radical (unpaired) electrons. The van der Waals surface area contributed by atoms with Crippen LogP contribution >= 0.6 is 11.8 Å². The predicted octanol–water partition coefficient (Wildman–Crippen LogP) is 5.18. The Morgan fingerprint density at radius 3 is 1.88 bits per heavy atom. The molecule has 2 fully saturated rings. The van der Waals surface area contributed by atoms with Gasteiger partial charge in [0.2, 0.25) is 0 Å². The Labute approximate surface area is 205 Å². The molecule has 1 aromatic carbocycles. The molecule has 5 atom stereocenters. The monoisotopic (exact) mass is 514 g/mol. The van der Waals surface area contributed by atoms with Crippen molar-refractivity contribution in [1.29, 1.82) is 0 Å².